The van der Waals surface area contributed by atoms with Crippen molar-refractivity contribution in [3.8, 4) is 10.6 Å². The van der Waals surface area contributed by atoms with Crippen LogP contribution in [-0.4, -0.2) is 28.1 Å². The number of likely N-dealkylation sites (tertiary alicyclic amines) is 1. The predicted molar refractivity (Wildman–Crippen MR) is 93.2 cm³/mol. The van der Waals surface area contributed by atoms with Crippen LogP contribution in [0.25, 0.3) is 10.6 Å². The Hall–Kier alpha value is -2.01. The summed E-state index contributed by atoms with van der Waals surface area (Å²) in [6.45, 7) is 2.20. The van der Waals surface area contributed by atoms with Crippen LogP contribution in [0.15, 0.2) is 66.9 Å². The molecule has 23 heavy (non-hydrogen) atoms. The van der Waals surface area contributed by atoms with Crippen LogP contribution >= 0.6 is 11.3 Å². The van der Waals surface area contributed by atoms with Gasteiger partial charge in [-0.15, -0.1) is 11.3 Å². The fourth-order valence-electron chi connectivity index (χ4n) is 3.05. The second-order valence-corrected chi connectivity index (χ2v) is 7.16. The number of hydrogen-bond acceptors (Lipinski definition) is 4. The molecular formula is C19H18N2OS. The van der Waals surface area contributed by atoms with E-state index in [1.807, 2.05) is 54.7 Å². The van der Waals surface area contributed by atoms with Gasteiger partial charge in [-0.05, 0) is 5.56 Å². The van der Waals surface area contributed by atoms with E-state index in [9.17, 15) is 5.11 Å². The van der Waals surface area contributed by atoms with Gasteiger partial charge in [-0.3, -0.25) is 4.90 Å². The third kappa shape index (κ3) is 2.93. The standard InChI is InChI=1S/C19H18N2OS/c22-19(16-9-5-2-6-10-16)13-21(14-19)12-17-11-20-18(23-17)15-7-3-1-4-8-15/h1-11,22H,12-14H2. The van der Waals surface area contributed by atoms with E-state index in [1.54, 1.807) is 11.3 Å². The minimum Gasteiger partial charge on any atom is -0.382 e. The Morgan fingerprint density at radius 3 is 2.35 bits per heavy atom. The highest BCUT2D eigenvalue weighted by Gasteiger charge is 2.42. The zero-order valence-corrected chi connectivity index (χ0v) is 13.5. The van der Waals surface area contributed by atoms with Gasteiger partial charge in [0.2, 0.25) is 0 Å². The van der Waals surface area contributed by atoms with Crippen molar-refractivity contribution in [3.05, 3.63) is 77.3 Å². The monoisotopic (exact) mass is 322 g/mol. The van der Waals surface area contributed by atoms with Crippen LogP contribution in [0.4, 0.5) is 0 Å². The maximum absolute atomic E-state index is 10.7. The Labute approximate surface area is 139 Å². The number of rotatable bonds is 4. The van der Waals surface area contributed by atoms with Gasteiger partial charge in [-0.25, -0.2) is 4.98 Å². The van der Waals surface area contributed by atoms with Gasteiger partial charge in [-0.2, -0.15) is 0 Å². The number of benzene rings is 2. The summed E-state index contributed by atoms with van der Waals surface area (Å²) in [6, 6.07) is 20.2. The predicted octanol–water partition coefficient (Wildman–Crippen LogP) is 3.51. The summed E-state index contributed by atoms with van der Waals surface area (Å²) in [6.07, 6.45) is 1.95. The summed E-state index contributed by atoms with van der Waals surface area (Å²) in [5.74, 6) is 0. The largest absolute Gasteiger partial charge is 0.382 e. The van der Waals surface area contributed by atoms with Crippen LogP contribution in [0.3, 0.4) is 0 Å². The lowest BCUT2D eigenvalue weighted by atomic mass is 9.86. The van der Waals surface area contributed by atoms with Gasteiger partial charge in [0.25, 0.3) is 0 Å². The summed E-state index contributed by atoms with van der Waals surface area (Å²) >= 11 is 1.73. The zero-order valence-electron chi connectivity index (χ0n) is 12.7. The van der Waals surface area contributed by atoms with Crippen molar-refractivity contribution in [1.82, 2.24) is 9.88 Å². The molecule has 1 aromatic heterocycles. The summed E-state index contributed by atoms with van der Waals surface area (Å²) in [7, 11) is 0. The highest BCUT2D eigenvalue weighted by Crippen LogP contribution is 2.34. The Balaban J connectivity index is 1.41. The number of aromatic nitrogens is 1. The van der Waals surface area contributed by atoms with Crippen molar-refractivity contribution in [3.63, 3.8) is 0 Å². The van der Waals surface area contributed by atoms with Gasteiger partial charge in [0, 0.05) is 36.3 Å². The second-order valence-electron chi connectivity index (χ2n) is 6.04. The van der Waals surface area contributed by atoms with Gasteiger partial charge in [0.1, 0.15) is 10.6 Å². The molecule has 0 saturated carbocycles. The molecule has 2 heterocycles. The van der Waals surface area contributed by atoms with Crippen LogP contribution in [0.2, 0.25) is 0 Å². The molecule has 1 saturated heterocycles. The molecule has 1 aliphatic heterocycles. The topological polar surface area (TPSA) is 36.4 Å². The van der Waals surface area contributed by atoms with E-state index in [0.29, 0.717) is 13.1 Å². The third-order valence-corrected chi connectivity index (χ3v) is 5.27. The highest BCUT2D eigenvalue weighted by molar-refractivity contribution is 7.15. The van der Waals surface area contributed by atoms with Crippen LogP contribution in [-0.2, 0) is 12.1 Å². The van der Waals surface area contributed by atoms with E-state index in [0.717, 1.165) is 22.7 Å². The number of nitrogens with zero attached hydrogens (tertiary/aromatic N) is 2. The van der Waals surface area contributed by atoms with Crippen molar-refractivity contribution >= 4 is 11.3 Å². The van der Waals surface area contributed by atoms with Gasteiger partial charge < -0.3 is 5.11 Å². The van der Waals surface area contributed by atoms with Crippen LogP contribution in [0.5, 0.6) is 0 Å². The minimum absolute atomic E-state index is 0.676. The summed E-state index contributed by atoms with van der Waals surface area (Å²) < 4.78 is 0. The molecule has 1 aliphatic rings. The molecule has 2 aromatic carbocycles. The van der Waals surface area contributed by atoms with E-state index in [4.69, 9.17) is 0 Å². The van der Waals surface area contributed by atoms with Crippen LogP contribution in [0.1, 0.15) is 10.4 Å². The van der Waals surface area contributed by atoms with E-state index in [2.05, 4.69) is 22.0 Å². The Morgan fingerprint density at radius 2 is 1.65 bits per heavy atom. The van der Waals surface area contributed by atoms with Crippen molar-refractivity contribution in [2.45, 2.75) is 12.1 Å². The van der Waals surface area contributed by atoms with Gasteiger partial charge in [0.15, 0.2) is 0 Å². The first-order valence-corrected chi connectivity index (χ1v) is 8.55. The number of thiazole rings is 1. The summed E-state index contributed by atoms with van der Waals surface area (Å²) in [5, 5.41) is 11.7. The van der Waals surface area contributed by atoms with Crippen molar-refractivity contribution < 1.29 is 5.11 Å². The van der Waals surface area contributed by atoms with Crippen molar-refractivity contribution in [2.75, 3.05) is 13.1 Å². The van der Waals surface area contributed by atoms with Crippen LogP contribution < -0.4 is 0 Å². The lowest BCUT2D eigenvalue weighted by Gasteiger charge is -2.46. The lowest BCUT2D eigenvalue weighted by Crippen LogP contribution is -2.58. The Bertz CT molecular complexity index is 779. The fraction of sp³-hybridized carbons (Fsp3) is 0.211. The first kappa shape index (κ1) is 14.6. The van der Waals surface area contributed by atoms with E-state index >= 15 is 0 Å². The molecule has 4 heteroatoms. The molecular weight excluding hydrogens is 304 g/mol. The molecule has 0 atom stereocenters. The number of β-amino-alcohol motifs (C(OH)–C–C–N with tert-alkyl or cyclic N) is 1. The maximum Gasteiger partial charge on any atom is 0.123 e. The Kier molecular flexibility index (Phi) is 3.73. The smallest absolute Gasteiger partial charge is 0.123 e. The summed E-state index contributed by atoms with van der Waals surface area (Å²) in [4.78, 5) is 8.02. The van der Waals surface area contributed by atoms with Gasteiger partial charge in [-0.1, -0.05) is 60.7 Å². The zero-order chi connectivity index (χ0) is 15.7. The third-order valence-electron chi connectivity index (χ3n) is 4.24. The second kappa shape index (κ2) is 5.89. The summed E-state index contributed by atoms with van der Waals surface area (Å²) in [5.41, 5.74) is 1.47. The molecule has 3 aromatic rings. The van der Waals surface area contributed by atoms with Crippen LogP contribution in [0, 0.1) is 0 Å². The fourth-order valence-corrected chi connectivity index (χ4v) is 4.01. The maximum atomic E-state index is 10.7. The molecule has 116 valence electrons. The molecule has 1 N–H and O–H groups in total. The highest BCUT2D eigenvalue weighted by atomic mass is 32.1. The van der Waals surface area contributed by atoms with E-state index in [-0.39, 0.29) is 0 Å². The Morgan fingerprint density at radius 1 is 1.00 bits per heavy atom. The lowest BCUT2D eigenvalue weighted by molar-refractivity contribution is -0.107. The molecule has 0 radical (unpaired) electrons. The number of hydrogen-bond donors (Lipinski definition) is 1. The molecule has 1 fully saturated rings. The number of aliphatic hydroxyl groups is 1. The first-order valence-electron chi connectivity index (χ1n) is 7.73. The van der Waals surface area contributed by atoms with E-state index < -0.39 is 5.60 Å². The molecule has 0 unspecified atom stereocenters. The molecule has 4 rings (SSSR count). The molecule has 0 aliphatic carbocycles. The molecule has 0 bridgehead atoms. The van der Waals surface area contributed by atoms with Crippen molar-refractivity contribution in [1.29, 1.82) is 0 Å². The average molecular weight is 322 g/mol. The quantitative estimate of drug-likeness (QED) is 0.798. The SMILES string of the molecule is OC1(c2ccccc2)CN(Cc2cnc(-c3ccccc3)s2)C1. The van der Waals surface area contributed by atoms with Crippen molar-refractivity contribution in [2.24, 2.45) is 0 Å². The molecule has 0 spiro atoms. The molecule has 0 amide bonds. The first-order chi connectivity index (χ1) is 11.2. The van der Waals surface area contributed by atoms with Gasteiger partial charge >= 0.3 is 0 Å². The minimum atomic E-state index is -0.700. The van der Waals surface area contributed by atoms with Gasteiger partial charge in [0.05, 0.1) is 0 Å². The van der Waals surface area contributed by atoms with E-state index in [1.165, 1.54) is 4.88 Å². The average Bonchev–Trinajstić information content (AvgIpc) is 3.03. The molecule has 3 nitrogen and oxygen atoms in total. The normalized spacial score (nSPS) is 16.9.